The summed E-state index contributed by atoms with van der Waals surface area (Å²) in [5, 5.41) is 0. The van der Waals surface area contributed by atoms with Crippen LogP contribution >= 0.6 is 0 Å². The second kappa shape index (κ2) is 8.71. The molecule has 1 unspecified atom stereocenters. The SMILES string of the molecule is C=CC(=O)OCCCCC(C)OC(=O)C=C. The lowest BCUT2D eigenvalue weighted by molar-refractivity contribution is -0.142. The molecule has 16 heavy (non-hydrogen) atoms. The summed E-state index contributed by atoms with van der Waals surface area (Å²) < 4.78 is 9.76. The van der Waals surface area contributed by atoms with Gasteiger partial charge in [0.05, 0.1) is 12.7 Å². The monoisotopic (exact) mass is 226 g/mol. The summed E-state index contributed by atoms with van der Waals surface area (Å²) in [7, 11) is 0. The molecule has 0 fully saturated rings. The van der Waals surface area contributed by atoms with Crippen LogP contribution in [0.2, 0.25) is 0 Å². The zero-order chi connectivity index (χ0) is 12.4. The molecule has 90 valence electrons. The summed E-state index contributed by atoms with van der Waals surface area (Å²) in [6.07, 6.45) is 4.45. The van der Waals surface area contributed by atoms with Crippen molar-refractivity contribution >= 4 is 11.9 Å². The van der Waals surface area contributed by atoms with Gasteiger partial charge in [-0.2, -0.15) is 0 Å². The summed E-state index contributed by atoms with van der Waals surface area (Å²) in [6.45, 7) is 8.78. The minimum Gasteiger partial charge on any atom is -0.463 e. The fourth-order valence-electron chi connectivity index (χ4n) is 1.07. The van der Waals surface area contributed by atoms with Crippen LogP contribution in [0, 0.1) is 0 Å². The molecule has 0 N–H and O–H groups in total. The Hall–Kier alpha value is -1.58. The van der Waals surface area contributed by atoms with Crippen molar-refractivity contribution in [1.29, 1.82) is 0 Å². The highest BCUT2D eigenvalue weighted by atomic mass is 16.5. The van der Waals surface area contributed by atoms with Gasteiger partial charge in [0.25, 0.3) is 0 Å². The van der Waals surface area contributed by atoms with E-state index in [2.05, 4.69) is 13.2 Å². The van der Waals surface area contributed by atoms with E-state index in [1.807, 2.05) is 6.92 Å². The molecule has 4 heteroatoms. The number of ether oxygens (including phenoxy) is 2. The zero-order valence-corrected chi connectivity index (χ0v) is 9.61. The first-order chi connectivity index (χ1) is 7.60. The lowest BCUT2D eigenvalue weighted by Crippen LogP contribution is -2.13. The van der Waals surface area contributed by atoms with E-state index >= 15 is 0 Å². The number of rotatable bonds is 8. The fraction of sp³-hybridized carbons (Fsp3) is 0.500. The van der Waals surface area contributed by atoms with Gasteiger partial charge in [-0.15, -0.1) is 0 Å². The molecule has 0 rings (SSSR count). The highest BCUT2D eigenvalue weighted by Gasteiger charge is 2.05. The van der Waals surface area contributed by atoms with Gasteiger partial charge in [-0.1, -0.05) is 13.2 Å². The van der Waals surface area contributed by atoms with Gasteiger partial charge in [0.15, 0.2) is 0 Å². The summed E-state index contributed by atoms with van der Waals surface area (Å²) in [6, 6.07) is 0. The van der Waals surface area contributed by atoms with Crippen molar-refractivity contribution in [2.45, 2.75) is 32.3 Å². The maximum absolute atomic E-state index is 10.8. The molecule has 1 atom stereocenters. The lowest BCUT2D eigenvalue weighted by atomic mass is 10.2. The summed E-state index contributed by atoms with van der Waals surface area (Å²) in [5.74, 6) is -0.822. The average Bonchev–Trinajstić information content (AvgIpc) is 2.27. The number of hydrogen-bond acceptors (Lipinski definition) is 4. The van der Waals surface area contributed by atoms with Crippen molar-refractivity contribution in [1.82, 2.24) is 0 Å². The largest absolute Gasteiger partial charge is 0.463 e. The first-order valence-corrected chi connectivity index (χ1v) is 5.22. The van der Waals surface area contributed by atoms with Crippen LogP contribution in [0.1, 0.15) is 26.2 Å². The van der Waals surface area contributed by atoms with E-state index in [-0.39, 0.29) is 6.10 Å². The Morgan fingerprint density at radius 2 is 1.81 bits per heavy atom. The number of unbranched alkanes of at least 4 members (excludes halogenated alkanes) is 1. The third kappa shape index (κ3) is 7.79. The fourth-order valence-corrected chi connectivity index (χ4v) is 1.07. The molecule has 0 aromatic carbocycles. The maximum atomic E-state index is 10.8. The van der Waals surface area contributed by atoms with E-state index in [1.165, 1.54) is 0 Å². The molecule has 0 saturated heterocycles. The third-order valence-electron chi connectivity index (χ3n) is 1.90. The normalized spacial score (nSPS) is 11.3. The number of carbonyl (C=O) groups is 2. The van der Waals surface area contributed by atoms with Gasteiger partial charge < -0.3 is 9.47 Å². The highest BCUT2D eigenvalue weighted by Crippen LogP contribution is 2.05. The van der Waals surface area contributed by atoms with Crippen LogP contribution in [0.5, 0.6) is 0 Å². The van der Waals surface area contributed by atoms with Gasteiger partial charge in [0.1, 0.15) is 0 Å². The molecule has 0 aliphatic heterocycles. The van der Waals surface area contributed by atoms with Crippen molar-refractivity contribution < 1.29 is 19.1 Å². The smallest absolute Gasteiger partial charge is 0.330 e. The number of carbonyl (C=O) groups excluding carboxylic acids is 2. The van der Waals surface area contributed by atoms with Crippen LogP contribution in [-0.4, -0.2) is 24.6 Å². The highest BCUT2D eigenvalue weighted by molar-refractivity contribution is 5.81. The lowest BCUT2D eigenvalue weighted by Gasteiger charge is -2.11. The van der Waals surface area contributed by atoms with E-state index in [9.17, 15) is 9.59 Å². The predicted octanol–water partition coefficient (Wildman–Crippen LogP) is 2.00. The second-order valence-electron chi connectivity index (χ2n) is 3.32. The van der Waals surface area contributed by atoms with Crippen LogP contribution in [0.15, 0.2) is 25.3 Å². The van der Waals surface area contributed by atoms with Gasteiger partial charge in [-0.05, 0) is 26.2 Å². The van der Waals surface area contributed by atoms with Crippen molar-refractivity contribution in [2.75, 3.05) is 6.61 Å². The van der Waals surface area contributed by atoms with Crippen LogP contribution in [0.4, 0.5) is 0 Å². The Morgan fingerprint density at radius 3 is 2.38 bits per heavy atom. The topological polar surface area (TPSA) is 52.6 Å². The predicted molar refractivity (Wildman–Crippen MR) is 60.8 cm³/mol. The van der Waals surface area contributed by atoms with E-state index < -0.39 is 11.9 Å². The van der Waals surface area contributed by atoms with Crippen molar-refractivity contribution in [2.24, 2.45) is 0 Å². The number of hydrogen-bond donors (Lipinski definition) is 0. The quantitative estimate of drug-likeness (QED) is 0.361. The standard InChI is InChI=1S/C12H18O4/c1-4-11(13)15-9-7-6-8-10(3)16-12(14)5-2/h4-5,10H,1-2,6-9H2,3H3. The molecule has 0 radical (unpaired) electrons. The Labute approximate surface area is 95.9 Å². The van der Waals surface area contributed by atoms with Crippen molar-refractivity contribution in [3.8, 4) is 0 Å². The van der Waals surface area contributed by atoms with Gasteiger partial charge in [0.2, 0.25) is 0 Å². The van der Waals surface area contributed by atoms with Crippen LogP contribution in [0.25, 0.3) is 0 Å². The minimum absolute atomic E-state index is 0.138. The molecule has 0 amide bonds. The molecule has 0 saturated carbocycles. The van der Waals surface area contributed by atoms with Crippen molar-refractivity contribution in [3.63, 3.8) is 0 Å². The van der Waals surface area contributed by atoms with E-state index in [4.69, 9.17) is 9.47 Å². The van der Waals surface area contributed by atoms with Gasteiger partial charge in [-0.3, -0.25) is 0 Å². The van der Waals surface area contributed by atoms with Gasteiger partial charge in [0, 0.05) is 12.2 Å². The van der Waals surface area contributed by atoms with Crippen LogP contribution in [-0.2, 0) is 19.1 Å². The Balaban J connectivity index is 3.44. The molecule has 0 heterocycles. The summed E-state index contributed by atoms with van der Waals surface area (Å²) in [4.78, 5) is 21.5. The molecule has 0 bridgehead atoms. The second-order valence-corrected chi connectivity index (χ2v) is 3.32. The number of esters is 2. The molecule has 0 aromatic rings. The summed E-state index contributed by atoms with van der Waals surface area (Å²) in [5.41, 5.74) is 0. The molecular formula is C12H18O4. The third-order valence-corrected chi connectivity index (χ3v) is 1.90. The van der Waals surface area contributed by atoms with Crippen LogP contribution in [0.3, 0.4) is 0 Å². The molecule has 4 nitrogen and oxygen atoms in total. The molecule has 0 spiro atoms. The maximum Gasteiger partial charge on any atom is 0.330 e. The first kappa shape index (κ1) is 14.4. The van der Waals surface area contributed by atoms with E-state index in [0.29, 0.717) is 6.61 Å². The first-order valence-electron chi connectivity index (χ1n) is 5.22. The molecule has 0 aliphatic carbocycles. The zero-order valence-electron chi connectivity index (χ0n) is 9.61. The van der Waals surface area contributed by atoms with E-state index in [1.54, 1.807) is 0 Å². The Bertz CT molecular complexity index is 258. The summed E-state index contributed by atoms with van der Waals surface area (Å²) >= 11 is 0. The Morgan fingerprint density at radius 1 is 1.19 bits per heavy atom. The molecule has 0 aliphatic rings. The van der Waals surface area contributed by atoms with Gasteiger partial charge in [-0.25, -0.2) is 9.59 Å². The molecular weight excluding hydrogens is 208 g/mol. The van der Waals surface area contributed by atoms with Gasteiger partial charge >= 0.3 is 11.9 Å². The van der Waals surface area contributed by atoms with Crippen LogP contribution < -0.4 is 0 Å². The molecule has 0 aromatic heterocycles. The average molecular weight is 226 g/mol. The minimum atomic E-state index is -0.411. The van der Waals surface area contributed by atoms with E-state index in [0.717, 1.165) is 31.4 Å². The van der Waals surface area contributed by atoms with Crippen molar-refractivity contribution in [3.05, 3.63) is 25.3 Å². The Kier molecular flexibility index (Phi) is 7.85.